The number of carbonyl (C=O) groups is 2. The van der Waals surface area contributed by atoms with E-state index in [9.17, 15) is 19.8 Å². The number of β-lactam (4-membered cyclic amide) rings is 1. The molecule has 9 heteroatoms. The topological polar surface area (TPSA) is 90.7 Å². The Morgan fingerprint density at radius 3 is 2.85 bits per heavy atom. The fourth-order valence-corrected chi connectivity index (χ4v) is 6.16. The van der Waals surface area contributed by atoms with Crippen molar-refractivity contribution in [3.05, 3.63) is 33.8 Å². The van der Waals surface area contributed by atoms with Crippen molar-refractivity contribution >= 4 is 56.8 Å². The number of thioether (sulfide) groups is 1. The summed E-state index contributed by atoms with van der Waals surface area (Å²) in [6.07, 6.45) is -0.810. The molecule has 1 aromatic carbocycles. The molecule has 2 aliphatic heterocycles. The van der Waals surface area contributed by atoms with Gasteiger partial charge in [-0.15, -0.1) is 11.3 Å². The van der Waals surface area contributed by atoms with Crippen LogP contribution in [0.1, 0.15) is 13.8 Å². The zero-order valence-corrected chi connectivity index (χ0v) is 16.2. The zero-order chi connectivity index (χ0) is 18.7. The quantitative estimate of drug-likeness (QED) is 0.752. The molecule has 1 aromatic heterocycles. The van der Waals surface area contributed by atoms with Crippen molar-refractivity contribution in [2.75, 3.05) is 0 Å². The van der Waals surface area contributed by atoms with Gasteiger partial charge in [-0.25, -0.2) is 9.78 Å². The molecule has 0 unspecified atom stereocenters. The van der Waals surface area contributed by atoms with Crippen LogP contribution in [0.5, 0.6) is 0 Å². The van der Waals surface area contributed by atoms with Crippen molar-refractivity contribution < 1.29 is 19.8 Å². The summed E-state index contributed by atoms with van der Waals surface area (Å²) in [4.78, 5) is 30.6. The van der Waals surface area contributed by atoms with Gasteiger partial charge in [0.1, 0.15) is 5.70 Å². The average molecular weight is 411 g/mol. The maximum absolute atomic E-state index is 12.4. The molecule has 0 saturated carbocycles. The van der Waals surface area contributed by atoms with Crippen LogP contribution in [0.15, 0.2) is 33.1 Å². The molecule has 1 fully saturated rings. The number of amides is 1. The smallest absolute Gasteiger partial charge is 0.353 e. The molecule has 2 N–H and O–H groups in total. The Labute approximate surface area is 162 Å². The van der Waals surface area contributed by atoms with Gasteiger partial charge < -0.3 is 15.1 Å². The Morgan fingerprint density at radius 1 is 1.46 bits per heavy atom. The second kappa shape index (κ2) is 6.23. The highest BCUT2D eigenvalue weighted by atomic mass is 35.5. The van der Waals surface area contributed by atoms with Crippen LogP contribution in [0.25, 0.3) is 10.2 Å². The SMILES string of the molecule is C[C@@H](O)[C@H]1C(=O)N2C(C(=O)O)=C(Sc3nc4cc(Cl)ccc4s3)[C@H](C)[C@H]12. The molecule has 4 atom stereocenters. The normalized spacial score (nSPS) is 26.2. The number of aliphatic hydroxyl groups is 1. The molecule has 3 heterocycles. The molecule has 1 saturated heterocycles. The van der Waals surface area contributed by atoms with Crippen LogP contribution in [-0.4, -0.2) is 44.1 Å². The lowest BCUT2D eigenvalue weighted by Crippen LogP contribution is -2.63. The predicted octanol–water partition coefficient (Wildman–Crippen LogP) is 3.20. The van der Waals surface area contributed by atoms with E-state index in [4.69, 9.17) is 11.6 Å². The van der Waals surface area contributed by atoms with E-state index in [-0.39, 0.29) is 23.6 Å². The first-order chi connectivity index (χ1) is 12.3. The van der Waals surface area contributed by atoms with E-state index in [2.05, 4.69) is 4.98 Å². The molecule has 1 amide bonds. The third-order valence-corrected chi connectivity index (χ3v) is 7.46. The third-order valence-electron chi connectivity index (χ3n) is 4.84. The van der Waals surface area contributed by atoms with Crippen molar-refractivity contribution in [2.45, 2.75) is 30.3 Å². The van der Waals surface area contributed by atoms with Gasteiger partial charge in [-0.05, 0) is 25.1 Å². The van der Waals surface area contributed by atoms with Crippen LogP contribution in [0.2, 0.25) is 5.02 Å². The van der Waals surface area contributed by atoms with E-state index in [1.54, 1.807) is 19.1 Å². The minimum atomic E-state index is -1.14. The van der Waals surface area contributed by atoms with Crippen molar-refractivity contribution in [1.29, 1.82) is 0 Å². The number of fused-ring (bicyclic) bond motifs is 2. The maximum atomic E-state index is 12.4. The molecular weight excluding hydrogens is 396 g/mol. The number of aliphatic hydroxyl groups excluding tert-OH is 1. The molecule has 26 heavy (non-hydrogen) atoms. The Hall–Kier alpha value is -1.61. The number of hydrogen-bond acceptors (Lipinski definition) is 6. The van der Waals surface area contributed by atoms with Gasteiger partial charge in [-0.3, -0.25) is 4.79 Å². The lowest BCUT2D eigenvalue weighted by atomic mass is 9.79. The van der Waals surface area contributed by atoms with E-state index >= 15 is 0 Å². The molecular formula is C17H15ClN2O4S2. The highest BCUT2D eigenvalue weighted by molar-refractivity contribution is 8.04. The minimum absolute atomic E-state index is 0.00619. The van der Waals surface area contributed by atoms with Gasteiger partial charge in [0.2, 0.25) is 5.91 Å². The summed E-state index contributed by atoms with van der Waals surface area (Å²) in [6.45, 7) is 3.46. The van der Waals surface area contributed by atoms with Crippen molar-refractivity contribution in [3.63, 3.8) is 0 Å². The first-order valence-electron chi connectivity index (χ1n) is 8.02. The molecule has 2 aliphatic rings. The summed E-state index contributed by atoms with van der Waals surface area (Å²) in [5.74, 6) is -2.21. The van der Waals surface area contributed by atoms with Crippen molar-refractivity contribution in [1.82, 2.24) is 9.88 Å². The summed E-state index contributed by atoms with van der Waals surface area (Å²) < 4.78 is 1.66. The summed E-state index contributed by atoms with van der Waals surface area (Å²) in [5.41, 5.74) is 0.765. The molecule has 0 radical (unpaired) electrons. The van der Waals surface area contributed by atoms with E-state index in [1.165, 1.54) is 28.0 Å². The molecule has 6 nitrogen and oxygen atoms in total. The van der Waals surface area contributed by atoms with E-state index in [0.29, 0.717) is 14.3 Å². The lowest BCUT2D eigenvalue weighted by Gasteiger charge is -2.46. The maximum Gasteiger partial charge on any atom is 0.353 e. The molecule has 2 aromatic rings. The average Bonchev–Trinajstić information content (AvgIpc) is 3.05. The van der Waals surface area contributed by atoms with E-state index in [0.717, 1.165) is 10.2 Å². The molecule has 0 aliphatic carbocycles. The molecule has 0 bridgehead atoms. The lowest BCUT2D eigenvalue weighted by molar-refractivity contribution is -0.163. The second-order valence-corrected chi connectivity index (χ2v) is 9.22. The van der Waals surface area contributed by atoms with Gasteiger partial charge in [0.25, 0.3) is 0 Å². The molecule has 136 valence electrons. The Kier molecular flexibility index (Phi) is 4.26. The number of benzene rings is 1. The minimum Gasteiger partial charge on any atom is -0.477 e. The van der Waals surface area contributed by atoms with Crippen molar-refractivity contribution in [2.24, 2.45) is 11.8 Å². The van der Waals surface area contributed by atoms with Gasteiger partial charge in [0.05, 0.1) is 28.3 Å². The predicted molar refractivity (Wildman–Crippen MR) is 100 cm³/mol. The first-order valence-corrected chi connectivity index (χ1v) is 10.0. The number of aromatic nitrogens is 1. The Morgan fingerprint density at radius 2 is 2.19 bits per heavy atom. The summed E-state index contributed by atoms with van der Waals surface area (Å²) >= 11 is 8.73. The second-order valence-electron chi connectivity index (χ2n) is 6.47. The van der Waals surface area contributed by atoms with E-state index < -0.39 is 18.0 Å². The van der Waals surface area contributed by atoms with Crippen LogP contribution in [0.3, 0.4) is 0 Å². The molecule has 0 spiro atoms. The highest BCUT2D eigenvalue weighted by Crippen LogP contribution is 2.52. The number of hydrogen-bond donors (Lipinski definition) is 2. The number of carboxylic acid groups (broad SMARTS) is 1. The van der Waals surface area contributed by atoms with Gasteiger partial charge in [0, 0.05) is 15.8 Å². The Bertz CT molecular complexity index is 971. The van der Waals surface area contributed by atoms with Crippen LogP contribution in [0.4, 0.5) is 0 Å². The number of halogens is 1. The Balaban J connectivity index is 1.72. The molecule has 4 rings (SSSR count). The van der Waals surface area contributed by atoms with Gasteiger partial charge >= 0.3 is 5.97 Å². The largest absolute Gasteiger partial charge is 0.477 e. The number of rotatable bonds is 4. The number of carboxylic acids is 1. The monoisotopic (exact) mass is 410 g/mol. The fourth-order valence-electron chi connectivity index (χ4n) is 3.67. The summed E-state index contributed by atoms with van der Waals surface area (Å²) in [6, 6.07) is 5.11. The van der Waals surface area contributed by atoms with Gasteiger partial charge in [-0.2, -0.15) is 0 Å². The highest BCUT2D eigenvalue weighted by Gasteiger charge is 2.60. The van der Waals surface area contributed by atoms with E-state index in [1.807, 2.05) is 13.0 Å². The summed E-state index contributed by atoms with van der Waals surface area (Å²) in [5, 5.41) is 20.1. The third kappa shape index (κ3) is 2.55. The van der Waals surface area contributed by atoms with Crippen LogP contribution >= 0.6 is 34.7 Å². The standard InChI is InChI=1S/C17H15ClN2O4S2/c1-6-12-11(7(2)21)15(22)20(12)13(16(23)24)14(6)26-17-19-9-5-8(18)3-4-10(9)25-17/h3-7,11-12,21H,1-2H3,(H,23,24)/t6-,7-,11-,12-/m1/s1. The van der Waals surface area contributed by atoms with Gasteiger partial charge in [0.15, 0.2) is 4.34 Å². The first kappa shape index (κ1) is 17.8. The zero-order valence-electron chi connectivity index (χ0n) is 13.8. The van der Waals surface area contributed by atoms with Gasteiger partial charge in [-0.1, -0.05) is 30.3 Å². The summed E-state index contributed by atoms with van der Waals surface area (Å²) in [7, 11) is 0. The fraction of sp³-hybridized carbons (Fsp3) is 0.353. The number of thiazole rings is 1. The van der Waals surface area contributed by atoms with Crippen molar-refractivity contribution in [3.8, 4) is 0 Å². The number of nitrogens with zero attached hydrogens (tertiary/aromatic N) is 2. The van der Waals surface area contributed by atoms with Crippen LogP contribution < -0.4 is 0 Å². The van der Waals surface area contributed by atoms with Crippen LogP contribution in [0, 0.1) is 11.8 Å². The number of carbonyl (C=O) groups excluding carboxylic acids is 1. The van der Waals surface area contributed by atoms with Crippen LogP contribution in [-0.2, 0) is 9.59 Å². The number of aliphatic carboxylic acids is 1.